The number of carboxylic acids is 1. The number of imidazole rings is 1. The molecular formula is C15H12Cl2N2O2S. The molecule has 0 unspecified atom stereocenters. The maximum absolute atomic E-state index is 11.0. The average Bonchev–Trinajstić information content (AvgIpc) is 2.98. The molecule has 0 amide bonds. The van der Waals surface area contributed by atoms with Gasteiger partial charge in [0, 0.05) is 21.7 Å². The number of aryl methyl sites for hydroxylation is 1. The largest absolute Gasteiger partial charge is 0.481 e. The molecule has 0 spiro atoms. The van der Waals surface area contributed by atoms with E-state index in [9.17, 15) is 4.79 Å². The summed E-state index contributed by atoms with van der Waals surface area (Å²) in [5.41, 5.74) is 3.27. The Hall–Kier alpha value is -1.56. The number of fused-ring (bicyclic) bond motifs is 1. The van der Waals surface area contributed by atoms with Crippen LogP contribution in [-0.2, 0) is 17.6 Å². The molecule has 2 heterocycles. The number of carboxylic acid groups (broad SMARTS) is 1. The number of thiazole rings is 1. The predicted molar refractivity (Wildman–Crippen MR) is 89.2 cm³/mol. The van der Waals surface area contributed by atoms with Gasteiger partial charge >= 0.3 is 5.97 Å². The maximum atomic E-state index is 11.0. The minimum atomic E-state index is -0.860. The molecule has 114 valence electrons. The van der Waals surface area contributed by atoms with E-state index in [0.717, 1.165) is 34.0 Å². The van der Waals surface area contributed by atoms with Crippen LogP contribution in [0.2, 0.25) is 10.0 Å². The van der Waals surface area contributed by atoms with Crippen LogP contribution in [0.15, 0.2) is 23.6 Å². The molecule has 1 aromatic carbocycles. The van der Waals surface area contributed by atoms with Crippen LogP contribution in [0.5, 0.6) is 0 Å². The standard InChI is InChI=1S/C15H12Cl2N2O2S/c1-2-12-14(10-4-3-8(16)5-11(10)17)18-15-19(12)9(7-22-15)6-13(20)21/h3-5,7H,2,6H2,1H3,(H,20,21). The van der Waals surface area contributed by atoms with Crippen LogP contribution in [0.25, 0.3) is 16.2 Å². The lowest BCUT2D eigenvalue weighted by Crippen LogP contribution is -2.04. The van der Waals surface area contributed by atoms with Gasteiger partial charge in [-0.25, -0.2) is 4.98 Å². The van der Waals surface area contributed by atoms with Crippen molar-refractivity contribution in [3.63, 3.8) is 0 Å². The van der Waals surface area contributed by atoms with Gasteiger partial charge in [0.1, 0.15) is 0 Å². The molecule has 2 aromatic heterocycles. The molecule has 0 atom stereocenters. The second-order valence-electron chi connectivity index (χ2n) is 4.80. The van der Waals surface area contributed by atoms with Crippen molar-refractivity contribution in [2.24, 2.45) is 0 Å². The second-order valence-corrected chi connectivity index (χ2v) is 6.48. The first-order valence-electron chi connectivity index (χ1n) is 6.66. The summed E-state index contributed by atoms with van der Waals surface area (Å²) in [7, 11) is 0. The number of aromatic nitrogens is 2. The Labute approximate surface area is 140 Å². The van der Waals surface area contributed by atoms with E-state index < -0.39 is 5.97 Å². The van der Waals surface area contributed by atoms with Gasteiger partial charge in [0.25, 0.3) is 0 Å². The van der Waals surface area contributed by atoms with Crippen LogP contribution in [0, 0.1) is 0 Å². The zero-order chi connectivity index (χ0) is 15.9. The van der Waals surface area contributed by atoms with Gasteiger partial charge in [-0.15, -0.1) is 11.3 Å². The first kappa shape index (κ1) is 15.3. The van der Waals surface area contributed by atoms with Crippen molar-refractivity contribution in [3.8, 4) is 11.3 Å². The van der Waals surface area contributed by atoms with E-state index in [1.54, 1.807) is 12.1 Å². The third kappa shape index (κ3) is 2.60. The van der Waals surface area contributed by atoms with Crippen LogP contribution >= 0.6 is 34.5 Å². The summed E-state index contributed by atoms with van der Waals surface area (Å²) in [4.78, 5) is 16.4. The molecule has 0 aliphatic carbocycles. The molecule has 0 radical (unpaired) electrons. The molecule has 0 saturated carbocycles. The van der Waals surface area contributed by atoms with E-state index in [-0.39, 0.29) is 6.42 Å². The van der Waals surface area contributed by atoms with Crippen LogP contribution in [0.4, 0.5) is 0 Å². The van der Waals surface area contributed by atoms with Gasteiger partial charge in [0.05, 0.1) is 22.8 Å². The summed E-state index contributed by atoms with van der Waals surface area (Å²) >= 11 is 13.7. The highest BCUT2D eigenvalue weighted by atomic mass is 35.5. The Morgan fingerprint density at radius 3 is 2.82 bits per heavy atom. The highest BCUT2D eigenvalue weighted by Gasteiger charge is 2.19. The fraction of sp³-hybridized carbons (Fsp3) is 0.200. The third-order valence-electron chi connectivity index (χ3n) is 3.38. The van der Waals surface area contributed by atoms with E-state index in [1.165, 1.54) is 11.3 Å². The van der Waals surface area contributed by atoms with Crippen LogP contribution in [-0.4, -0.2) is 20.5 Å². The predicted octanol–water partition coefficient (Wildman–Crippen LogP) is 4.56. The molecule has 0 bridgehead atoms. The summed E-state index contributed by atoms with van der Waals surface area (Å²) in [6.45, 7) is 2.01. The summed E-state index contributed by atoms with van der Waals surface area (Å²) < 4.78 is 1.92. The molecular weight excluding hydrogens is 343 g/mol. The monoisotopic (exact) mass is 354 g/mol. The van der Waals surface area contributed by atoms with E-state index in [1.807, 2.05) is 22.8 Å². The number of hydrogen-bond acceptors (Lipinski definition) is 3. The zero-order valence-corrected chi connectivity index (χ0v) is 14.0. The molecule has 0 fully saturated rings. The van der Waals surface area contributed by atoms with E-state index in [4.69, 9.17) is 28.3 Å². The summed E-state index contributed by atoms with van der Waals surface area (Å²) in [5.74, 6) is -0.860. The number of rotatable bonds is 4. The lowest BCUT2D eigenvalue weighted by Gasteiger charge is -2.06. The van der Waals surface area contributed by atoms with Gasteiger partial charge in [-0.1, -0.05) is 30.1 Å². The molecule has 22 heavy (non-hydrogen) atoms. The van der Waals surface area contributed by atoms with E-state index >= 15 is 0 Å². The third-order valence-corrected chi connectivity index (χ3v) is 4.81. The first-order chi connectivity index (χ1) is 10.5. The highest BCUT2D eigenvalue weighted by molar-refractivity contribution is 7.15. The maximum Gasteiger partial charge on any atom is 0.309 e. The number of carbonyl (C=O) groups is 1. The van der Waals surface area contributed by atoms with Crippen LogP contribution < -0.4 is 0 Å². The zero-order valence-electron chi connectivity index (χ0n) is 11.6. The van der Waals surface area contributed by atoms with Crippen LogP contribution in [0.1, 0.15) is 18.3 Å². The Morgan fingerprint density at radius 1 is 1.41 bits per heavy atom. The summed E-state index contributed by atoms with van der Waals surface area (Å²) in [6.07, 6.45) is 0.690. The van der Waals surface area contributed by atoms with Crippen molar-refractivity contribution in [1.29, 1.82) is 0 Å². The SMILES string of the molecule is CCc1c(-c2ccc(Cl)cc2Cl)nc2scc(CC(=O)O)n12. The summed E-state index contributed by atoms with van der Waals surface area (Å²) in [5, 5.41) is 12.0. The minimum Gasteiger partial charge on any atom is -0.481 e. The molecule has 0 saturated heterocycles. The number of benzene rings is 1. The Kier molecular flexibility index (Phi) is 4.12. The topological polar surface area (TPSA) is 54.6 Å². The van der Waals surface area contributed by atoms with Gasteiger partial charge < -0.3 is 5.11 Å². The quantitative estimate of drug-likeness (QED) is 0.747. The van der Waals surface area contributed by atoms with Crippen molar-refractivity contribution in [3.05, 3.63) is 45.0 Å². The summed E-state index contributed by atoms with van der Waals surface area (Å²) in [6, 6.07) is 5.30. The number of hydrogen-bond donors (Lipinski definition) is 1. The first-order valence-corrected chi connectivity index (χ1v) is 8.29. The molecule has 7 heteroatoms. The van der Waals surface area contributed by atoms with Gasteiger partial charge in [0.15, 0.2) is 4.96 Å². The van der Waals surface area contributed by atoms with Crippen molar-refractivity contribution in [2.45, 2.75) is 19.8 Å². The van der Waals surface area contributed by atoms with E-state index in [0.29, 0.717) is 10.0 Å². The fourth-order valence-corrected chi connectivity index (χ4v) is 3.88. The van der Waals surface area contributed by atoms with Gasteiger partial charge in [-0.05, 0) is 24.6 Å². The molecule has 4 nitrogen and oxygen atoms in total. The average molecular weight is 355 g/mol. The highest BCUT2D eigenvalue weighted by Crippen LogP contribution is 2.34. The number of aliphatic carboxylic acids is 1. The smallest absolute Gasteiger partial charge is 0.309 e. The van der Waals surface area contributed by atoms with Gasteiger partial charge in [-0.3, -0.25) is 9.20 Å². The number of nitrogens with zero attached hydrogens (tertiary/aromatic N) is 2. The second kappa shape index (κ2) is 5.91. The normalized spacial score (nSPS) is 11.2. The lowest BCUT2D eigenvalue weighted by molar-refractivity contribution is -0.136. The molecule has 0 aliphatic rings. The Morgan fingerprint density at radius 2 is 2.18 bits per heavy atom. The Bertz CT molecular complexity index is 870. The molecule has 1 N–H and O–H groups in total. The molecule has 3 rings (SSSR count). The van der Waals surface area contributed by atoms with Crippen LogP contribution in [0.3, 0.4) is 0 Å². The minimum absolute atomic E-state index is 0.0306. The van der Waals surface area contributed by atoms with Crippen molar-refractivity contribution in [1.82, 2.24) is 9.38 Å². The number of halogens is 2. The molecule has 3 aromatic rings. The van der Waals surface area contributed by atoms with Gasteiger partial charge in [0.2, 0.25) is 0 Å². The Balaban J connectivity index is 2.22. The lowest BCUT2D eigenvalue weighted by atomic mass is 10.1. The van der Waals surface area contributed by atoms with E-state index in [2.05, 4.69) is 4.98 Å². The van der Waals surface area contributed by atoms with Crippen molar-refractivity contribution < 1.29 is 9.90 Å². The fourth-order valence-electron chi connectivity index (χ4n) is 2.48. The molecule has 0 aliphatic heterocycles. The van der Waals surface area contributed by atoms with Crippen molar-refractivity contribution >= 4 is 45.5 Å². The van der Waals surface area contributed by atoms with Crippen molar-refractivity contribution in [2.75, 3.05) is 0 Å². The van der Waals surface area contributed by atoms with Gasteiger partial charge in [-0.2, -0.15) is 0 Å².